The molecule has 0 aliphatic heterocycles. The standard InChI is InChI=1S/C12H15F3N2O2S/c1-10-3-6-17-11(9-10)16-5-2-7-20(18,19)8-4-12(13,14)15/h3-4,6,8-9H,2,5,7H2,1H3,(H,16,17)/b8-4+. The molecule has 0 unspecified atom stereocenters. The van der Waals surface area contributed by atoms with Crippen LogP contribution < -0.4 is 5.32 Å². The first-order chi connectivity index (χ1) is 9.18. The number of hydrogen-bond acceptors (Lipinski definition) is 4. The van der Waals surface area contributed by atoms with Gasteiger partial charge in [0.1, 0.15) is 5.82 Å². The lowest BCUT2D eigenvalue weighted by molar-refractivity contribution is -0.0797. The first-order valence-electron chi connectivity index (χ1n) is 5.83. The van der Waals surface area contributed by atoms with Gasteiger partial charge in [0.25, 0.3) is 0 Å². The second-order valence-corrected chi connectivity index (χ2v) is 6.22. The van der Waals surface area contributed by atoms with Gasteiger partial charge < -0.3 is 5.32 Å². The molecule has 1 rings (SSSR count). The maximum absolute atomic E-state index is 11.9. The van der Waals surface area contributed by atoms with Crippen molar-refractivity contribution in [2.75, 3.05) is 17.6 Å². The number of rotatable bonds is 6. The van der Waals surface area contributed by atoms with Gasteiger partial charge in [-0.15, -0.1) is 0 Å². The molecule has 0 spiro atoms. The number of alkyl halides is 3. The summed E-state index contributed by atoms with van der Waals surface area (Å²) in [5, 5.41) is 3.11. The topological polar surface area (TPSA) is 59.1 Å². The average molecular weight is 308 g/mol. The third-order valence-corrected chi connectivity index (χ3v) is 3.70. The highest BCUT2D eigenvalue weighted by Crippen LogP contribution is 2.17. The van der Waals surface area contributed by atoms with Crippen LogP contribution in [-0.2, 0) is 9.84 Å². The van der Waals surface area contributed by atoms with E-state index in [1.165, 1.54) is 0 Å². The largest absolute Gasteiger partial charge is 0.410 e. The second-order valence-electron chi connectivity index (χ2n) is 4.21. The molecule has 8 heteroatoms. The van der Waals surface area contributed by atoms with Gasteiger partial charge in [-0.3, -0.25) is 0 Å². The fourth-order valence-corrected chi connectivity index (χ4v) is 2.42. The zero-order valence-electron chi connectivity index (χ0n) is 10.8. The van der Waals surface area contributed by atoms with Crippen molar-refractivity contribution >= 4 is 15.7 Å². The first kappa shape index (κ1) is 16.5. The Kier molecular flexibility index (Phi) is 5.55. The number of nitrogens with one attached hydrogen (secondary N) is 1. The molecule has 0 aliphatic carbocycles. The molecule has 112 valence electrons. The molecule has 1 aromatic rings. The van der Waals surface area contributed by atoms with Gasteiger partial charge in [0, 0.05) is 24.2 Å². The van der Waals surface area contributed by atoms with Crippen molar-refractivity contribution in [1.82, 2.24) is 4.98 Å². The zero-order valence-corrected chi connectivity index (χ0v) is 11.6. The maximum atomic E-state index is 11.9. The van der Waals surface area contributed by atoms with Crippen LogP contribution in [0, 0.1) is 6.92 Å². The summed E-state index contributed by atoms with van der Waals surface area (Å²) in [5.74, 6) is 0.256. The smallest absolute Gasteiger partial charge is 0.370 e. The van der Waals surface area contributed by atoms with Crippen LogP contribution in [-0.4, -0.2) is 31.9 Å². The number of hydrogen-bond donors (Lipinski definition) is 1. The molecule has 0 aliphatic rings. The van der Waals surface area contributed by atoms with Crippen LogP contribution in [0.15, 0.2) is 29.8 Å². The number of nitrogens with zero attached hydrogens (tertiary/aromatic N) is 1. The molecule has 0 bridgehead atoms. The van der Waals surface area contributed by atoms with Crippen LogP contribution in [0.2, 0.25) is 0 Å². The molecule has 0 saturated carbocycles. The summed E-state index contributed by atoms with van der Waals surface area (Å²) in [6.45, 7) is 2.20. The summed E-state index contributed by atoms with van der Waals surface area (Å²) in [7, 11) is -3.84. The minimum absolute atomic E-state index is 0.195. The molecule has 1 aromatic heterocycles. The molecule has 0 aromatic carbocycles. The highest BCUT2D eigenvalue weighted by atomic mass is 32.2. The van der Waals surface area contributed by atoms with E-state index in [0.29, 0.717) is 12.4 Å². The van der Waals surface area contributed by atoms with E-state index in [9.17, 15) is 21.6 Å². The van der Waals surface area contributed by atoms with Gasteiger partial charge in [-0.1, -0.05) is 0 Å². The normalized spacial score (nSPS) is 12.8. The SMILES string of the molecule is Cc1ccnc(NCCCS(=O)(=O)/C=C/C(F)(F)F)c1. The Hall–Kier alpha value is -1.57. The second kappa shape index (κ2) is 6.74. The fourth-order valence-electron chi connectivity index (χ4n) is 1.37. The highest BCUT2D eigenvalue weighted by molar-refractivity contribution is 7.94. The number of pyridine rings is 1. The Balaban J connectivity index is 2.39. The van der Waals surface area contributed by atoms with Crippen LogP contribution >= 0.6 is 0 Å². The van der Waals surface area contributed by atoms with E-state index >= 15 is 0 Å². The quantitative estimate of drug-likeness (QED) is 0.821. The molecule has 0 radical (unpaired) electrons. The summed E-state index contributed by atoms with van der Waals surface area (Å²) >= 11 is 0. The van der Waals surface area contributed by atoms with Gasteiger partial charge >= 0.3 is 6.18 Å². The number of allylic oxidation sites excluding steroid dienone is 1. The molecular weight excluding hydrogens is 293 g/mol. The zero-order chi connectivity index (χ0) is 15.2. The summed E-state index contributed by atoms with van der Waals surface area (Å²) in [4.78, 5) is 4.02. The summed E-state index contributed by atoms with van der Waals surface area (Å²) in [6.07, 6.45) is -3.07. The lowest BCUT2D eigenvalue weighted by Crippen LogP contribution is -2.11. The van der Waals surface area contributed by atoms with Crippen molar-refractivity contribution in [3.8, 4) is 0 Å². The van der Waals surface area contributed by atoms with Crippen molar-refractivity contribution in [2.45, 2.75) is 19.5 Å². The fraction of sp³-hybridized carbons (Fsp3) is 0.417. The predicted molar refractivity (Wildman–Crippen MR) is 71.1 cm³/mol. The van der Waals surface area contributed by atoms with E-state index in [1.54, 1.807) is 12.3 Å². The number of halogens is 3. The molecule has 20 heavy (non-hydrogen) atoms. The predicted octanol–water partition coefficient (Wildman–Crippen LogP) is 2.68. The van der Waals surface area contributed by atoms with E-state index < -0.39 is 16.0 Å². The lowest BCUT2D eigenvalue weighted by Gasteiger charge is -2.05. The van der Waals surface area contributed by atoms with Gasteiger partial charge in [-0.25, -0.2) is 13.4 Å². The summed E-state index contributed by atoms with van der Waals surface area (Å²) in [5.41, 5.74) is 1.00. The number of aryl methyl sites for hydroxylation is 1. The lowest BCUT2D eigenvalue weighted by atomic mass is 10.3. The van der Waals surface area contributed by atoms with E-state index in [2.05, 4.69) is 10.3 Å². The molecule has 0 saturated heterocycles. The monoisotopic (exact) mass is 308 g/mol. The molecule has 0 atom stereocenters. The van der Waals surface area contributed by atoms with Crippen LogP contribution in [0.25, 0.3) is 0 Å². The number of aromatic nitrogens is 1. The van der Waals surface area contributed by atoms with Crippen LogP contribution in [0.3, 0.4) is 0 Å². The van der Waals surface area contributed by atoms with Crippen LogP contribution in [0.4, 0.5) is 19.0 Å². The molecule has 0 amide bonds. The molecule has 0 fully saturated rings. The van der Waals surface area contributed by atoms with Crippen molar-refractivity contribution in [1.29, 1.82) is 0 Å². The maximum Gasteiger partial charge on any atom is 0.410 e. The van der Waals surface area contributed by atoms with E-state index in [4.69, 9.17) is 0 Å². The van der Waals surface area contributed by atoms with Gasteiger partial charge in [-0.05, 0) is 31.0 Å². The van der Waals surface area contributed by atoms with Gasteiger partial charge in [-0.2, -0.15) is 13.2 Å². The minimum atomic E-state index is -4.61. The Morgan fingerprint density at radius 1 is 1.40 bits per heavy atom. The highest BCUT2D eigenvalue weighted by Gasteiger charge is 2.23. The molecule has 1 heterocycles. The molecule has 1 N–H and O–H groups in total. The Morgan fingerprint density at radius 2 is 2.10 bits per heavy atom. The Bertz CT molecular complexity index is 568. The van der Waals surface area contributed by atoms with Gasteiger partial charge in [0.2, 0.25) is 0 Å². The van der Waals surface area contributed by atoms with Crippen LogP contribution in [0.1, 0.15) is 12.0 Å². The summed E-state index contributed by atoms with van der Waals surface area (Å²) in [6, 6.07) is 3.61. The average Bonchev–Trinajstić information content (AvgIpc) is 2.32. The third kappa shape index (κ3) is 7.13. The van der Waals surface area contributed by atoms with Gasteiger partial charge in [0.05, 0.1) is 5.75 Å². The van der Waals surface area contributed by atoms with Crippen LogP contribution in [0.5, 0.6) is 0 Å². The summed E-state index contributed by atoms with van der Waals surface area (Å²) < 4.78 is 58.2. The molecule has 4 nitrogen and oxygen atoms in total. The van der Waals surface area contributed by atoms with E-state index in [0.717, 1.165) is 5.56 Å². The van der Waals surface area contributed by atoms with E-state index in [1.807, 2.05) is 13.0 Å². The first-order valence-corrected chi connectivity index (χ1v) is 7.55. The third-order valence-electron chi connectivity index (χ3n) is 2.29. The number of sulfone groups is 1. The minimum Gasteiger partial charge on any atom is -0.370 e. The Labute approximate surface area is 115 Å². The number of anilines is 1. The van der Waals surface area contributed by atoms with Gasteiger partial charge in [0.15, 0.2) is 9.84 Å². The van der Waals surface area contributed by atoms with Crippen molar-refractivity contribution in [3.05, 3.63) is 35.4 Å². The Morgan fingerprint density at radius 3 is 2.70 bits per heavy atom. The van der Waals surface area contributed by atoms with Crippen molar-refractivity contribution < 1.29 is 21.6 Å². The van der Waals surface area contributed by atoms with Crippen molar-refractivity contribution in [2.24, 2.45) is 0 Å². The van der Waals surface area contributed by atoms with Crippen molar-refractivity contribution in [3.63, 3.8) is 0 Å². The van der Waals surface area contributed by atoms with E-state index in [-0.39, 0.29) is 23.7 Å². The molecular formula is C12H15F3N2O2S.